The number of hydrogen-bond acceptors (Lipinski definition) is 8. The van der Waals surface area contributed by atoms with Gasteiger partial charge in [0.1, 0.15) is 35.0 Å². The van der Waals surface area contributed by atoms with Crippen LogP contribution in [0.15, 0.2) is 23.3 Å². The molecule has 0 bridgehead atoms. The summed E-state index contributed by atoms with van der Waals surface area (Å²) in [6.45, 7) is 3.98. The van der Waals surface area contributed by atoms with Crippen LogP contribution in [0.3, 0.4) is 0 Å². The van der Waals surface area contributed by atoms with Crippen molar-refractivity contribution in [3.05, 3.63) is 40.1 Å². The third-order valence-electron chi connectivity index (χ3n) is 8.34. The fourth-order valence-electron chi connectivity index (χ4n) is 6.04. The van der Waals surface area contributed by atoms with Gasteiger partial charge in [-0.1, -0.05) is 0 Å². The normalized spacial score (nSPS) is 27.5. The van der Waals surface area contributed by atoms with Crippen LogP contribution in [-0.4, -0.2) is 38.9 Å². The van der Waals surface area contributed by atoms with Crippen LogP contribution in [0.5, 0.6) is 0 Å². The molecule has 4 aliphatic rings. The molecule has 6 rings (SSSR count). The molecule has 3 aliphatic carbocycles. The van der Waals surface area contributed by atoms with Gasteiger partial charge in [-0.25, -0.2) is 9.97 Å². The molecule has 2 aromatic heterocycles. The van der Waals surface area contributed by atoms with E-state index in [4.69, 9.17) is 4.74 Å². The van der Waals surface area contributed by atoms with Crippen LogP contribution in [-0.2, 0) is 20.0 Å². The van der Waals surface area contributed by atoms with Gasteiger partial charge in [0.2, 0.25) is 5.91 Å². The molecule has 37 heavy (non-hydrogen) atoms. The lowest BCUT2D eigenvalue weighted by atomic mass is 9.78. The van der Waals surface area contributed by atoms with Gasteiger partial charge in [-0.3, -0.25) is 23.7 Å². The highest BCUT2D eigenvalue weighted by molar-refractivity contribution is 5.97. The highest BCUT2D eigenvalue weighted by Gasteiger charge is 2.62. The molecule has 0 radical (unpaired) electrons. The van der Waals surface area contributed by atoms with E-state index in [-0.39, 0.29) is 46.3 Å². The van der Waals surface area contributed by atoms with Crippen molar-refractivity contribution in [3.63, 3.8) is 0 Å². The lowest BCUT2D eigenvalue weighted by Crippen LogP contribution is -2.50. The Bertz CT molecular complexity index is 1370. The molecule has 2 amide bonds. The molecule has 2 aromatic rings. The summed E-state index contributed by atoms with van der Waals surface area (Å²) in [6, 6.07) is 3.23. The van der Waals surface area contributed by atoms with Gasteiger partial charge >= 0.3 is 5.97 Å². The highest BCUT2D eigenvalue weighted by atomic mass is 16.5. The second kappa shape index (κ2) is 8.39. The zero-order valence-electron chi connectivity index (χ0n) is 20.9. The molecule has 0 aromatic carbocycles. The van der Waals surface area contributed by atoms with Crippen molar-refractivity contribution in [2.24, 2.45) is 17.3 Å². The summed E-state index contributed by atoms with van der Waals surface area (Å²) in [7, 11) is 0. The van der Waals surface area contributed by atoms with Gasteiger partial charge in [-0.2, -0.15) is 0 Å². The SMILES string of the molecule is CCOC(=O)C1CC12CCC1(CC2)NC(=O)c2c(C)cc(Nc3cc(NC(=O)C4CC4)ncn3)c(=O)n21. The summed E-state index contributed by atoms with van der Waals surface area (Å²) in [6.07, 6.45) is 6.48. The van der Waals surface area contributed by atoms with Gasteiger partial charge in [0, 0.05) is 12.0 Å². The van der Waals surface area contributed by atoms with Gasteiger partial charge in [0.25, 0.3) is 11.5 Å². The number of pyridine rings is 1. The molecule has 1 atom stereocenters. The number of amides is 2. The van der Waals surface area contributed by atoms with Crippen molar-refractivity contribution in [1.82, 2.24) is 19.9 Å². The van der Waals surface area contributed by atoms with E-state index in [2.05, 4.69) is 25.9 Å². The zero-order valence-corrected chi connectivity index (χ0v) is 20.9. The van der Waals surface area contributed by atoms with E-state index in [0.717, 1.165) is 32.1 Å². The molecule has 11 heteroatoms. The second-order valence-electron chi connectivity index (χ2n) is 10.8. The van der Waals surface area contributed by atoms with Crippen LogP contribution < -0.4 is 21.5 Å². The van der Waals surface area contributed by atoms with Crippen molar-refractivity contribution >= 4 is 35.1 Å². The third-order valence-corrected chi connectivity index (χ3v) is 8.34. The smallest absolute Gasteiger partial charge is 0.309 e. The molecular formula is C26H30N6O5. The van der Waals surface area contributed by atoms with Crippen molar-refractivity contribution in [3.8, 4) is 0 Å². The minimum Gasteiger partial charge on any atom is -0.466 e. The standard InChI is InChI=1S/C26H30N6O5/c1-3-37-24(36)16-12-25(16)6-8-26(9-7-25)31-22(34)20-14(2)10-17(23(35)32(20)26)29-18-11-19(28-13-27-18)30-21(33)15-4-5-15/h10-11,13,15-16H,3-9,12H2,1-2H3,(H,31,34)(H2,27,28,29,30,33). The number of carbonyl (C=O) groups is 3. The topological polar surface area (TPSA) is 144 Å². The minimum absolute atomic E-state index is 0.0365. The first-order valence-corrected chi connectivity index (χ1v) is 12.9. The number of fused-ring (bicyclic) bond motifs is 2. The summed E-state index contributed by atoms with van der Waals surface area (Å²) < 4.78 is 6.83. The minimum atomic E-state index is -0.825. The number of rotatable bonds is 6. The van der Waals surface area contributed by atoms with Crippen molar-refractivity contribution < 1.29 is 19.1 Å². The summed E-state index contributed by atoms with van der Waals surface area (Å²) in [5, 5.41) is 8.95. The number of esters is 1. The number of nitrogens with zero attached hydrogens (tertiary/aromatic N) is 3. The van der Waals surface area contributed by atoms with Gasteiger partial charge in [-0.15, -0.1) is 0 Å². The van der Waals surface area contributed by atoms with Gasteiger partial charge in [0.15, 0.2) is 0 Å². The van der Waals surface area contributed by atoms with Gasteiger partial charge < -0.3 is 20.7 Å². The maximum atomic E-state index is 13.8. The third kappa shape index (κ3) is 3.96. The fourth-order valence-corrected chi connectivity index (χ4v) is 6.04. The zero-order chi connectivity index (χ0) is 25.9. The van der Waals surface area contributed by atoms with E-state index in [9.17, 15) is 19.2 Å². The average molecular weight is 507 g/mol. The van der Waals surface area contributed by atoms with Crippen molar-refractivity contribution in [2.45, 2.75) is 64.5 Å². The fraction of sp³-hybridized carbons (Fsp3) is 0.538. The molecule has 0 saturated heterocycles. The molecule has 194 valence electrons. The number of ether oxygens (including phenoxy) is 1. The molecule has 2 spiro atoms. The molecule has 3 fully saturated rings. The second-order valence-corrected chi connectivity index (χ2v) is 10.8. The molecule has 3 saturated carbocycles. The molecule has 11 nitrogen and oxygen atoms in total. The number of aryl methyl sites for hydroxylation is 1. The van der Waals surface area contributed by atoms with Crippen LogP contribution in [0.4, 0.5) is 17.3 Å². The van der Waals surface area contributed by atoms with E-state index < -0.39 is 5.66 Å². The largest absolute Gasteiger partial charge is 0.466 e. The Hall–Kier alpha value is -3.76. The van der Waals surface area contributed by atoms with E-state index in [1.54, 1.807) is 30.5 Å². The Morgan fingerprint density at radius 3 is 2.57 bits per heavy atom. The molecular weight excluding hydrogens is 476 g/mol. The predicted octanol–water partition coefficient (Wildman–Crippen LogP) is 2.58. The first kappa shape index (κ1) is 23.6. The Kier molecular flexibility index (Phi) is 5.36. The number of anilines is 3. The lowest BCUT2D eigenvalue weighted by Gasteiger charge is -2.39. The van der Waals surface area contributed by atoms with Crippen LogP contribution in [0, 0.1) is 24.2 Å². The summed E-state index contributed by atoms with van der Waals surface area (Å²) >= 11 is 0. The van der Waals surface area contributed by atoms with Crippen LogP contribution in [0.2, 0.25) is 0 Å². The molecule has 1 unspecified atom stereocenters. The van der Waals surface area contributed by atoms with E-state index in [1.165, 1.54) is 6.33 Å². The van der Waals surface area contributed by atoms with Crippen LogP contribution in [0.25, 0.3) is 0 Å². The number of aromatic nitrogens is 3. The summed E-state index contributed by atoms with van der Waals surface area (Å²) in [5.41, 5.74) is 0.0740. The molecule has 3 heterocycles. The van der Waals surface area contributed by atoms with Crippen molar-refractivity contribution in [2.75, 3.05) is 17.2 Å². The van der Waals surface area contributed by atoms with Crippen molar-refractivity contribution in [1.29, 1.82) is 0 Å². The van der Waals surface area contributed by atoms with E-state index in [1.807, 2.05) is 0 Å². The predicted molar refractivity (Wildman–Crippen MR) is 133 cm³/mol. The van der Waals surface area contributed by atoms with Crippen LogP contribution in [0.1, 0.15) is 67.9 Å². The van der Waals surface area contributed by atoms with E-state index >= 15 is 0 Å². The maximum Gasteiger partial charge on any atom is 0.309 e. The first-order chi connectivity index (χ1) is 17.7. The van der Waals surface area contributed by atoms with Gasteiger partial charge in [0.05, 0.1) is 12.5 Å². The quantitative estimate of drug-likeness (QED) is 0.507. The highest BCUT2D eigenvalue weighted by Crippen LogP contribution is 2.64. The molecule has 3 N–H and O–H groups in total. The Balaban J connectivity index is 1.26. The maximum absolute atomic E-state index is 13.8. The Morgan fingerprint density at radius 1 is 1.14 bits per heavy atom. The summed E-state index contributed by atoms with van der Waals surface area (Å²) in [5.74, 6) is 0.185. The number of nitrogens with one attached hydrogen (secondary N) is 3. The lowest BCUT2D eigenvalue weighted by molar-refractivity contribution is -0.146. The van der Waals surface area contributed by atoms with Crippen LogP contribution >= 0.6 is 0 Å². The average Bonchev–Trinajstić information content (AvgIpc) is 3.79. The monoisotopic (exact) mass is 506 g/mol. The van der Waals surface area contributed by atoms with Gasteiger partial charge in [-0.05, 0) is 75.8 Å². The number of carbonyl (C=O) groups excluding carboxylic acids is 3. The first-order valence-electron chi connectivity index (χ1n) is 12.9. The Morgan fingerprint density at radius 2 is 1.86 bits per heavy atom. The Labute approximate surface area is 213 Å². The molecule has 1 aliphatic heterocycles. The van der Waals surface area contributed by atoms with E-state index in [0.29, 0.717) is 42.3 Å². The summed E-state index contributed by atoms with van der Waals surface area (Å²) in [4.78, 5) is 59.5. The number of hydrogen-bond donors (Lipinski definition) is 3.